The van der Waals surface area contributed by atoms with Gasteiger partial charge in [-0.3, -0.25) is 9.80 Å². The average Bonchev–Trinajstić information content (AvgIpc) is 3.18. The van der Waals surface area contributed by atoms with Crippen LogP contribution in [-0.4, -0.2) is 47.9 Å². The molecule has 0 amide bonds. The first kappa shape index (κ1) is 15.7. The second-order valence-electron chi connectivity index (χ2n) is 6.30. The number of hydrogen-bond acceptors (Lipinski definition) is 6. The molecule has 128 valence electrons. The van der Waals surface area contributed by atoms with Gasteiger partial charge < -0.3 is 14.0 Å². The highest BCUT2D eigenvalue weighted by atomic mass is 35.5. The Labute approximate surface area is 145 Å². The lowest BCUT2D eigenvalue weighted by Crippen LogP contribution is -2.45. The van der Waals surface area contributed by atoms with Gasteiger partial charge in [-0.25, -0.2) is 0 Å². The van der Waals surface area contributed by atoms with E-state index in [4.69, 9.17) is 25.6 Å². The van der Waals surface area contributed by atoms with Gasteiger partial charge in [0.15, 0.2) is 17.3 Å². The molecule has 1 aromatic heterocycles. The van der Waals surface area contributed by atoms with Gasteiger partial charge in [-0.1, -0.05) is 16.8 Å². The second-order valence-corrected chi connectivity index (χ2v) is 6.71. The van der Waals surface area contributed by atoms with Gasteiger partial charge in [-0.2, -0.15) is 0 Å². The molecule has 2 aliphatic rings. The van der Waals surface area contributed by atoms with E-state index in [9.17, 15) is 0 Å². The minimum atomic E-state index is 0.248. The predicted octanol–water partition coefficient (Wildman–Crippen LogP) is 2.68. The molecule has 1 saturated heterocycles. The largest absolute Gasteiger partial charge is 0.454 e. The normalized spacial score (nSPS) is 18.2. The van der Waals surface area contributed by atoms with Crippen molar-refractivity contribution in [2.75, 3.05) is 33.0 Å². The van der Waals surface area contributed by atoms with Crippen LogP contribution in [0.15, 0.2) is 22.7 Å². The SMILES string of the molecule is Cc1cc(CN2CCN(Cc3cc(Cl)c4c(c3)OCO4)CC2)on1. The van der Waals surface area contributed by atoms with Crippen molar-refractivity contribution in [1.29, 1.82) is 0 Å². The maximum atomic E-state index is 6.26. The first-order chi connectivity index (χ1) is 11.7. The number of piperazine rings is 1. The summed E-state index contributed by atoms with van der Waals surface area (Å²) in [5.41, 5.74) is 2.09. The zero-order valence-corrected chi connectivity index (χ0v) is 14.4. The second kappa shape index (κ2) is 6.63. The van der Waals surface area contributed by atoms with Crippen LogP contribution >= 0.6 is 11.6 Å². The summed E-state index contributed by atoms with van der Waals surface area (Å²) in [7, 11) is 0. The zero-order chi connectivity index (χ0) is 16.5. The summed E-state index contributed by atoms with van der Waals surface area (Å²) < 4.78 is 16.1. The van der Waals surface area contributed by atoms with Gasteiger partial charge >= 0.3 is 0 Å². The quantitative estimate of drug-likeness (QED) is 0.846. The average molecular weight is 350 g/mol. The van der Waals surface area contributed by atoms with Crippen molar-refractivity contribution in [3.63, 3.8) is 0 Å². The number of aryl methyl sites for hydroxylation is 1. The van der Waals surface area contributed by atoms with Crippen LogP contribution in [0.5, 0.6) is 11.5 Å². The van der Waals surface area contributed by atoms with Crippen LogP contribution in [0, 0.1) is 6.92 Å². The smallest absolute Gasteiger partial charge is 0.231 e. The Kier molecular flexibility index (Phi) is 4.35. The van der Waals surface area contributed by atoms with Crippen LogP contribution in [-0.2, 0) is 13.1 Å². The first-order valence-electron chi connectivity index (χ1n) is 8.12. The molecule has 1 aromatic carbocycles. The van der Waals surface area contributed by atoms with Crippen molar-refractivity contribution in [2.24, 2.45) is 0 Å². The summed E-state index contributed by atoms with van der Waals surface area (Å²) >= 11 is 6.26. The number of halogens is 1. The van der Waals surface area contributed by atoms with E-state index in [2.05, 4.69) is 15.0 Å². The minimum absolute atomic E-state index is 0.248. The number of hydrogen-bond donors (Lipinski definition) is 0. The Morgan fingerprint density at radius 3 is 2.50 bits per heavy atom. The van der Waals surface area contributed by atoms with E-state index in [0.29, 0.717) is 10.8 Å². The van der Waals surface area contributed by atoms with Crippen LogP contribution in [0.1, 0.15) is 17.0 Å². The predicted molar refractivity (Wildman–Crippen MR) is 89.4 cm³/mol. The van der Waals surface area contributed by atoms with Crippen LogP contribution in [0.4, 0.5) is 0 Å². The van der Waals surface area contributed by atoms with Crippen LogP contribution in [0.2, 0.25) is 5.02 Å². The molecule has 0 saturated carbocycles. The molecule has 1 fully saturated rings. The molecule has 0 N–H and O–H groups in total. The molecule has 24 heavy (non-hydrogen) atoms. The van der Waals surface area contributed by atoms with E-state index in [-0.39, 0.29) is 6.79 Å². The highest BCUT2D eigenvalue weighted by Gasteiger charge is 2.21. The molecule has 4 rings (SSSR count). The van der Waals surface area contributed by atoms with E-state index < -0.39 is 0 Å². The Morgan fingerprint density at radius 1 is 1.04 bits per heavy atom. The standard InChI is InChI=1S/C17H20ClN3O3/c1-12-6-14(24-19-12)10-21-4-2-20(3-5-21)9-13-7-15(18)17-16(8-13)22-11-23-17/h6-8H,2-5,9-11H2,1H3. The lowest BCUT2D eigenvalue weighted by molar-refractivity contribution is 0.113. The van der Waals surface area contributed by atoms with E-state index in [1.165, 1.54) is 0 Å². The minimum Gasteiger partial charge on any atom is -0.454 e. The fourth-order valence-electron chi connectivity index (χ4n) is 3.19. The number of rotatable bonds is 4. The van der Waals surface area contributed by atoms with Gasteiger partial charge in [0.05, 0.1) is 17.3 Å². The molecule has 0 unspecified atom stereocenters. The maximum Gasteiger partial charge on any atom is 0.231 e. The van der Waals surface area contributed by atoms with Crippen molar-refractivity contribution in [1.82, 2.24) is 15.0 Å². The highest BCUT2D eigenvalue weighted by Crippen LogP contribution is 2.40. The lowest BCUT2D eigenvalue weighted by Gasteiger charge is -2.34. The molecule has 3 heterocycles. The summed E-state index contributed by atoms with van der Waals surface area (Å²) in [5.74, 6) is 2.34. The number of benzene rings is 1. The molecule has 0 bridgehead atoms. The molecule has 2 aliphatic heterocycles. The Bertz CT molecular complexity index is 726. The van der Waals surface area contributed by atoms with Crippen molar-refractivity contribution < 1.29 is 14.0 Å². The number of aromatic nitrogens is 1. The topological polar surface area (TPSA) is 51.0 Å². The van der Waals surface area contributed by atoms with Crippen molar-refractivity contribution in [3.05, 3.63) is 40.2 Å². The van der Waals surface area contributed by atoms with Crippen LogP contribution in [0.3, 0.4) is 0 Å². The summed E-state index contributed by atoms with van der Waals surface area (Å²) in [6.07, 6.45) is 0. The maximum absolute atomic E-state index is 6.26. The third-order valence-corrected chi connectivity index (χ3v) is 4.70. The van der Waals surface area contributed by atoms with Gasteiger partial charge in [0.25, 0.3) is 0 Å². The molecule has 0 spiro atoms. The van der Waals surface area contributed by atoms with Gasteiger partial charge in [0.1, 0.15) is 0 Å². The molecule has 7 heteroatoms. The van der Waals surface area contributed by atoms with Crippen LogP contribution < -0.4 is 9.47 Å². The number of nitrogens with zero attached hydrogens (tertiary/aromatic N) is 3. The third kappa shape index (κ3) is 3.36. The van der Waals surface area contributed by atoms with Crippen LogP contribution in [0.25, 0.3) is 0 Å². The van der Waals surface area contributed by atoms with Gasteiger partial charge in [0.2, 0.25) is 6.79 Å². The highest BCUT2D eigenvalue weighted by molar-refractivity contribution is 6.32. The summed E-state index contributed by atoms with van der Waals surface area (Å²) in [5, 5.41) is 4.57. The number of ether oxygens (including phenoxy) is 2. The van der Waals surface area contributed by atoms with Crippen molar-refractivity contribution in [3.8, 4) is 11.5 Å². The van der Waals surface area contributed by atoms with Gasteiger partial charge in [-0.15, -0.1) is 0 Å². The molecule has 0 radical (unpaired) electrons. The van der Waals surface area contributed by atoms with Gasteiger partial charge in [0, 0.05) is 38.8 Å². The lowest BCUT2D eigenvalue weighted by atomic mass is 10.1. The molecular formula is C17H20ClN3O3. The monoisotopic (exact) mass is 349 g/mol. The van der Waals surface area contributed by atoms with Crippen molar-refractivity contribution >= 4 is 11.6 Å². The first-order valence-corrected chi connectivity index (χ1v) is 8.50. The van der Waals surface area contributed by atoms with E-state index in [1.807, 2.05) is 25.1 Å². The zero-order valence-electron chi connectivity index (χ0n) is 13.6. The Morgan fingerprint density at radius 2 is 1.79 bits per heavy atom. The molecule has 2 aromatic rings. The fourth-order valence-corrected chi connectivity index (χ4v) is 3.47. The third-order valence-electron chi connectivity index (χ3n) is 4.41. The molecule has 0 aliphatic carbocycles. The summed E-state index contributed by atoms with van der Waals surface area (Å²) in [6.45, 7) is 7.93. The van der Waals surface area contributed by atoms with E-state index >= 15 is 0 Å². The van der Waals surface area contributed by atoms with Gasteiger partial charge in [-0.05, 0) is 24.6 Å². The Hall–Kier alpha value is -1.76. The fraction of sp³-hybridized carbons (Fsp3) is 0.471. The summed E-state index contributed by atoms with van der Waals surface area (Å²) in [6, 6.07) is 6.00. The van der Waals surface area contributed by atoms with E-state index in [1.54, 1.807) is 0 Å². The molecule has 0 atom stereocenters. The molecule has 6 nitrogen and oxygen atoms in total. The number of fused-ring (bicyclic) bond motifs is 1. The van der Waals surface area contributed by atoms with Crippen molar-refractivity contribution in [2.45, 2.75) is 20.0 Å². The molecular weight excluding hydrogens is 330 g/mol. The van der Waals surface area contributed by atoms with E-state index in [0.717, 1.165) is 62.0 Å². The Balaban J connectivity index is 1.32. The summed E-state index contributed by atoms with van der Waals surface area (Å²) in [4.78, 5) is 4.82.